The van der Waals surface area contributed by atoms with Crippen molar-refractivity contribution in [2.75, 3.05) is 4.72 Å². The number of imide groups is 1. The lowest BCUT2D eigenvalue weighted by Gasteiger charge is -2.10. The number of nitrogens with zero attached hydrogens (tertiary/aromatic N) is 1. The summed E-state index contributed by atoms with van der Waals surface area (Å²) >= 11 is 0.805. The second-order valence-corrected chi connectivity index (χ2v) is 9.80. The molecule has 1 aliphatic heterocycles. The number of hydrogen-bond donors (Lipinski definition) is 2. The highest BCUT2D eigenvalue weighted by atomic mass is 32.2. The second kappa shape index (κ2) is 8.23. The van der Waals surface area contributed by atoms with Crippen LogP contribution in [-0.2, 0) is 14.8 Å². The molecule has 0 radical (unpaired) electrons. The van der Waals surface area contributed by atoms with Crippen LogP contribution in [0, 0.1) is 0 Å². The van der Waals surface area contributed by atoms with E-state index in [2.05, 4.69) is 15.0 Å². The van der Waals surface area contributed by atoms with Gasteiger partial charge in [0.05, 0.1) is 9.80 Å². The first kappa shape index (κ1) is 21.0. The Morgan fingerprint density at radius 1 is 1.00 bits per heavy atom. The zero-order valence-corrected chi connectivity index (χ0v) is 18.4. The topological polar surface area (TPSA) is 118 Å². The normalized spacial score (nSPS) is 15.2. The molecule has 1 saturated heterocycles. The lowest BCUT2D eigenvalue weighted by atomic mass is 10.1. The van der Waals surface area contributed by atoms with Gasteiger partial charge in [0, 0.05) is 35.1 Å². The lowest BCUT2D eigenvalue weighted by molar-refractivity contribution is -0.115. The minimum absolute atomic E-state index is 0.162. The van der Waals surface area contributed by atoms with Crippen molar-refractivity contribution in [3.63, 3.8) is 0 Å². The van der Waals surface area contributed by atoms with E-state index in [1.807, 2.05) is 6.07 Å². The molecular weight excluding hydrogens is 462 g/mol. The fourth-order valence-electron chi connectivity index (χ4n) is 3.37. The van der Waals surface area contributed by atoms with E-state index in [1.165, 1.54) is 18.2 Å². The van der Waals surface area contributed by atoms with Gasteiger partial charge in [-0.05, 0) is 47.7 Å². The van der Waals surface area contributed by atoms with Crippen molar-refractivity contribution in [3.8, 4) is 11.1 Å². The van der Waals surface area contributed by atoms with Crippen molar-refractivity contribution >= 4 is 55.7 Å². The SMILES string of the molecule is O=C1NC(=O)/C(=C/c2cc3cncc(-c4cccc(NS(=O)(=O)c5ccccc5)c4)c3o2)S1. The summed E-state index contributed by atoms with van der Waals surface area (Å²) < 4.78 is 33.9. The van der Waals surface area contributed by atoms with Crippen molar-refractivity contribution in [2.24, 2.45) is 0 Å². The number of pyridine rings is 1. The molecule has 2 aromatic heterocycles. The number of benzene rings is 2. The molecule has 1 aliphatic rings. The molecule has 4 aromatic rings. The van der Waals surface area contributed by atoms with Crippen LogP contribution < -0.4 is 10.0 Å². The highest BCUT2D eigenvalue weighted by Gasteiger charge is 2.25. The number of rotatable bonds is 5. The van der Waals surface area contributed by atoms with Crippen LogP contribution in [0.25, 0.3) is 28.2 Å². The van der Waals surface area contributed by atoms with Crippen LogP contribution in [0.4, 0.5) is 10.5 Å². The maximum atomic E-state index is 12.7. The smallest absolute Gasteiger partial charge is 0.290 e. The number of fused-ring (bicyclic) bond motifs is 1. The van der Waals surface area contributed by atoms with Crippen molar-refractivity contribution in [2.45, 2.75) is 4.90 Å². The van der Waals surface area contributed by atoms with Gasteiger partial charge < -0.3 is 4.42 Å². The Labute approximate surface area is 192 Å². The van der Waals surface area contributed by atoms with Gasteiger partial charge in [0.15, 0.2) is 0 Å². The van der Waals surface area contributed by atoms with Crippen LogP contribution in [0.5, 0.6) is 0 Å². The zero-order chi connectivity index (χ0) is 23.0. The molecule has 2 N–H and O–H groups in total. The Bertz CT molecular complexity index is 1540. The fraction of sp³-hybridized carbons (Fsp3) is 0. The molecule has 2 amide bonds. The standard InChI is InChI=1S/C23H15N3O5S2/c27-22-20(32-23(28)25-22)11-17-10-15-12-24-13-19(21(15)31-17)14-5-4-6-16(9-14)26-33(29,30)18-7-2-1-3-8-18/h1-13,26H,(H,25,27,28)/b20-11-. The summed E-state index contributed by atoms with van der Waals surface area (Å²) in [5, 5.41) is 2.47. The average molecular weight is 478 g/mol. The molecule has 10 heteroatoms. The van der Waals surface area contributed by atoms with Crippen LogP contribution in [0.2, 0.25) is 0 Å². The maximum absolute atomic E-state index is 12.7. The molecular formula is C23H15N3O5S2. The minimum atomic E-state index is -3.74. The van der Waals surface area contributed by atoms with Gasteiger partial charge in [-0.25, -0.2) is 8.42 Å². The molecule has 0 unspecified atom stereocenters. The zero-order valence-electron chi connectivity index (χ0n) is 16.8. The summed E-state index contributed by atoms with van der Waals surface area (Å²) in [4.78, 5) is 27.9. The van der Waals surface area contributed by atoms with Gasteiger partial charge in [0.2, 0.25) is 0 Å². The number of furan rings is 1. The summed E-state index contributed by atoms with van der Waals surface area (Å²) in [5.74, 6) is -0.0743. The Balaban J connectivity index is 1.50. The predicted molar refractivity (Wildman–Crippen MR) is 126 cm³/mol. The number of anilines is 1. The molecule has 164 valence electrons. The van der Waals surface area contributed by atoms with Gasteiger partial charge in [-0.1, -0.05) is 30.3 Å². The molecule has 0 aliphatic carbocycles. The van der Waals surface area contributed by atoms with E-state index in [9.17, 15) is 18.0 Å². The third-order valence-electron chi connectivity index (χ3n) is 4.84. The van der Waals surface area contributed by atoms with E-state index in [1.54, 1.807) is 54.9 Å². The van der Waals surface area contributed by atoms with E-state index in [0.717, 1.165) is 11.8 Å². The first-order valence-corrected chi connectivity index (χ1v) is 12.0. The number of aromatic nitrogens is 1. The first-order valence-electron chi connectivity index (χ1n) is 9.70. The Hall–Kier alpha value is -3.89. The largest absolute Gasteiger partial charge is 0.456 e. The predicted octanol–water partition coefficient (Wildman–Crippen LogP) is 4.62. The molecule has 3 heterocycles. The Kier molecular flexibility index (Phi) is 5.23. The monoisotopic (exact) mass is 477 g/mol. The summed E-state index contributed by atoms with van der Waals surface area (Å²) in [6.45, 7) is 0. The van der Waals surface area contributed by atoms with E-state index in [4.69, 9.17) is 4.42 Å². The van der Waals surface area contributed by atoms with Crippen molar-refractivity contribution in [1.29, 1.82) is 0 Å². The highest BCUT2D eigenvalue weighted by Crippen LogP contribution is 2.34. The van der Waals surface area contributed by atoms with Crippen LogP contribution in [0.15, 0.2) is 87.3 Å². The number of sulfonamides is 1. The molecule has 0 saturated carbocycles. The van der Waals surface area contributed by atoms with Crippen LogP contribution >= 0.6 is 11.8 Å². The van der Waals surface area contributed by atoms with Crippen LogP contribution in [0.3, 0.4) is 0 Å². The van der Waals surface area contributed by atoms with Crippen molar-refractivity contribution in [3.05, 3.63) is 83.7 Å². The third kappa shape index (κ3) is 4.26. The lowest BCUT2D eigenvalue weighted by Crippen LogP contribution is -2.17. The quantitative estimate of drug-likeness (QED) is 0.403. The van der Waals surface area contributed by atoms with Gasteiger partial charge in [-0.3, -0.25) is 24.6 Å². The van der Waals surface area contributed by atoms with E-state index < -0.39 is 21.2 Å². The minimum Gasteiger partial charge on any atom is -0.456 e. The summed E-state index contributed by atoms with van der Waals surface area (Å²) in [5.41, 5.74) is 2.25. The van der Waals surface area contributed by atoms with Gasteiger partial charge in [0.25, 0.3) is 21.2 Å². The van der Waals surface area contributed by atoms with E-state index >= 15 is 0 Å². The first-order chi connectivity index (χ1) is 15.9. The van der Waals surface area contributed by atoms with Gasteiger partial charge in [-0.15, -0.1) is 0 Å². The number of carbonyl (C=O) groups excluding carboxylic acids is 2. The number of hydrogen-bond acceptors (Lipinski definition) is 7. The summed E-state index contributed by atoms with van der Waals surface area (Å²) in [7, 11) is -3.74. The van der Waals surface area contributed by atoms with Gasteiger partial charge in [-0.2, -0.15) is 0 Å². The molecule has 33 heavy (non-hydrogen) atoms. The van der Waals surface area contributed by atoms with E-state index in [-0.39, 0.29) is 9.80 Å². The molecule has 1 fully saturated rings. The summed E-state index contributed by atoms with van der Waals surface area (Å²) in [6, 6.07) is 16.7. The number of amides is 2. The maximum Gasteiger partial charge on any atom is 0.290 e. The number of thioether (sulfide) groups is 1. The van der Waals surface area contributed by atoms with Crippen LogP contribution in [0.1, 0.15) is 5.76 Å². The average Bonchev–Trinajstić information content (AvgIpc) is 3.35. The molecule has 2 aromatic carbocycles. The van der Waals surface area contributed by atoms with Crippen molar-refractivity contribution < 1.29 is 22.4 Å². The second-order valence-electron chi connectivity index (χ2n) is 7.11. The molecule has 0 atom stereocenters. The van der Waals surface area contributed by atoms with Gasteiger partial charge >= 0.3 is 0 Å². The summed E-state index contributed by atoms with van der Waals surface area (Å²) in [6.07, 6.45) is 4.74. The Morgan fingerprint density at radius 3 is 2.58 bits per heavy atom. The van der Waals surface area contributed by atoms with Crippen LogP contribution in [-0.4, -0.2) is 24.5 Å². The third-order valence-corrected chi connectivity index (χ3v) is 7.04. The molecule has 8 nitrogen and oxygen atoms in total. The van der Waals surface area contributed by atoms with Crippen molar-refractivity contribution in [1.82, 2.24) is 10.3 Å². The molecule has 5 rings (SSSR count). The molecule has 0 bridgehead atoms. The fourth-order valence-corrected chi connectivity index (χ4v) is 5.11. The molecule has 0 spiro atoms. The highest BCUT2D eigenvalue weighted by molar-refractivity contribution is 8.18. The Morgan fingerprint density at radius 2 is 1.82 bits per heavy atom. The van der Waals surface area contributed by atoms with Gasteiger partial charge in [0.1, 0.15) is 11.3 Å². The number of carbonyl (C=O) groups is 2. The van der Waals surface area contributed by atoms with E-state index in [0.29, 0.717) is 33.5 Å². The number of nitrogens with one attached hydrogen (secondary N) is 2.